The molecule has 3 aromatic heterocycles. The average molecular weight is 569 g/mol. The van der Waals surface area contributed by atoms with E-state index in [9.17, 15) is 9.59 Å². The highest BCUT2D eigenvalue weighted by Crippen LogP contribution is 2.31. The van der Waals surface area contributed by atoms with Gasteiger partial charge in [0.25, 0.3) is 5.91 Å². The van der Waals surface area contributed by atoms with Gasteiger partial charge >= 0.3 is 0 Å². The minimum Gasteiger partial charge on any atom is -0.364 e. The number of aromatic nitrogens is 3. The first kappa shape index (κ1) is 34.1. The second kappa shape index (κ2) is 19.1. The Kier molecular flexibility index (Phi) is 16.7. The van der Waals surface area contributed by atoms with Gasteiger partial charge in [-0.05, 0) is 69.5 Å². The normalized spacial score (nSPS) is 12.3. The Morgan fingerprint density at radius 3 is 2.08 bits per heavy atom. The Hall–Kier alpha value is -2.97. The van der Waals surface area contributed by atoms with Gasteiger partial charge in [-0.15, -0.1) is 11.3 Å². The summed E-state index contributed by atoms with van der Waals surface area (Å²) >= 11 is 3.00. The number of nitrogens with two attached hydrogens (primary N) is 1. The van der Waals surface area contributed by atoms with E-state index in [1.54, 1.807) is 24.7 Å². The van der Waals surface area contributed by atoms with E-state index in [-0.39, 0.29) is 5.12 Å². The summed E-state index contributed by atoms with van der Waals surface area (Å²) in [6, 6.07) is 11.7. The number of hydrogen-bond acceptors (Lipinski definition) is 6. The number of carbonyl (C=O) groups excluding carboxylic acids is 2. The molecule has 0 unspecified atom stereocenters. The fourth-order valence-electron chi connectivity index (χ4n) is 3.65. The van der Waals surface area contributed by atoms with Crippen LogP contribution in [0.5, 0.6) is 0 Å². The summed E-state index contributed by atoms with van der Waals surface area (Å²) in [6.07, 6.45) is 11.6. The first-order valence-electron chi connectivity index (χ1n) is 13.7. The number of nitrogens with one attached hydrogen (secondary N) is 1. The fourth-order valence-corrected chi connectivity index (χ4v) is 5.54. The highest BCUT2D eigenvalue weighted by Gasteiger charge is 2.20. The lowest BCUT2D eigenvalue weighted by molar-refractivity contribution is 0.0995. The molecule has 3 heterocycles. The lowest BCUT2D eigenvalue weighted by Crippen LogP contribution is -2.11. The summed E-state index contributed by atoms with van der Waals surface area (Å²) in [4.78, 5) is 34.7. The molecular weight excluding hydrogens is 525 g/mol. The Bertz CT molecular complexity index is 1250. The molecule has 0 radical (unpaired) electrons. The van der Waals surface area contributed by atoms with Crippen LogP contribution in [0, 0.1) is 20.8 Å². The molecular formula is C31H44N4O2S2. The van der Waals surface area contributed by atoms with Gasteiger partial charge in [-0.2, -0.15) is 0 Å². The minimum absolute atomic E-state index is 0.167. The van der Waals surface area contributed by atoms with Gasteiger partial charge < -0.3 is 10.7 Å². The van der Waals surface area contributed by atoms with Crippen LogP contribution < -0.4 is 5.73 Å². The smallest absolute Gasteiger partial charge is 0.265 e. The molecule has 1 amide bonds. The molecule has 1 aliphatic carbocycles. The number of nitrogens with zero attached hydrogens (tertiary/aromatic N) is 2. The van der Waals surface area contributed by atoms with Crippen molar-refractivity contribution in [3.05, 3.63) is 81.7 Å². The molecule has 6 nitrogen and oxygen atoms in total. The maximum absolute atomic E-state index is 11.8. The van der Waals surface area contributed by atoms with Crippen molar-refractivity contribution in [1.29, 1.82) is 0 Å². The van der Waals surface area contributed by atoms with E-state index in [0.29, 0.717) is 16.0 Å². The summed E-state index contributed by atoms with van der Waals surface area (Å²) in [5, 5.41) is 2.40. The molecule has 1 aromatic carbocycles. The molecule has 1 aliphatic rings. The highest BCUT2D eigenvalue weighted by molar-refractivity contribution is 8.14. The van der Waals surface area contributed by atoms with Crippen molar-refractivity contribution in [1.82, 2.24) is 15.0 Å². The van der Waals surface area contributed by atoms with Gasteiger partial charge in [0.15, 0.2) is 5.01 Å². The Balaban J connectivity index is 0.000000288. The van der Waals surface area contributed by atoms with E-state index in [1.165, 1.54) is 66.3 Å². The Labute approximate surface area is 242 Å². The van der Waals surface area contributed by atoms with E-state index in [4.69, 9.17) is 5.73 Å². The number of amides is 1. The van der Waals surface area contributed by atoms with Crippen LogP contribution >= 0.6 is 23.1 Å². The number of H-pyrrole nitrogens is 1. The Morgan fingerprint density at radius 2 is 1.56 bits per heavy atom. The first-order valence-corrected chi connectivity index (χ1v) is 15.4. The molecule has 1 fully saturated rings. The van der Waals surface area contributed by atoms with Crippen molar-refractivity contribution in [2.45, 2.75) is 85.8 Å². The second-order valence-electron chi connectivity index (χ2n) is 8.60. The van der Waals surface area contributed by atoms with Crippen LogP contribution in [0.2, 0.25) is 0 Å². The van der Waals surface area contributed by atoms with Crippen molar-refractivity contribution in [3.63, 3.8) is 0 Å². The van der Waals surface area contributed by atoms with Crippen molar-refractivity contribution in [3.8, 4) is 0 Å². The van der Waals surface area contributed by atoms with E-state index in [2.05, 4.69) is 15.0 Å². The second-order valence-corrected chi connectivity index (χ2v) is 11.1. The quantitative estimate of drug-likeness (QED) is 0.257. The van der Waals surface area contributed by atoms with Gasteiger partial charge in [0.2, 0.25) is 5.12 Å². The number of pyridine rings is 1. The molecule has 4 aromatic rings. The molecule has 0 aliphatic heterocycles. The number of benzene rings is 1. The van der Waals surface area contributed by atoms with Gasteiger partial charge in [-0.3, -0.25) is 14.6 Å². The fraction of sp³-hybridized carbons (Fsp3) is 0.419. The standard InChI is InChI=1S/C11H15NOS2.C10H10N2O.C6H7N.2C2H6/c1-8-7-12-10(14-8)11(13)15-9-5-3-2-4-6-9;1-6-2-3-8-7(4-6)5-9(12-8)10(11)13;1-6-2-4-7-5-3-6;2*1-2/h7,9H,2-6H2,1H3;2-5,12H,1H3,(H2,11,13);2-5H,1H3;2*1-2H3. The van der Waals surface area contributed by atoms with Crippen LogP contribution in [-0.4, -0.2) is 31.2 Å². The molecule has 5 rings (SSSR count). The summed E-state index contributed by atoms with van der Waals surface area (Å²) in [7, 11) is 0. The zero-order valence-corrected chi connectivity index (χ0v) is 26.0. The Morgan fingerprint density at radius 1 is 0.923 bits per heavy atom. The molecule has 39 heavy (non-hydrogen) atoms. The largest absolute Gasteiger partial charge is 0.364 e. The van der Waals surface area contributed by atoms with E-state index in [0.717, 1.165) is 15.8 Å². The number of aryl methyl sites for hydroxylation is 3. The van der Waals surface area contributed by atoms with Crippen molar-refractivity contribution in [2.75, 3.05) is 0 Å². The number of thioether (sulfide) groups is 1. The van der Waals surface area contributed by atoms with Gasteiger partial charge in [0.1, 0.15) is 5.69 Å². The van der Waals surface area contributed by atoms with Crippen LogP contribution in [0.3, 0.4) is 0 Å². The lowest BCUT2D eigenvalue weighted by Gasteiger charge is -2.19. The van der Waals surface area contributed by atoms with E-state index in [1.807, 2.05) is 78.8 Å². The number of aromatic amines is 1. The zero-order chi connectivity index (χ0) is 29.2. The third-order valence-electron chi connectivity index (χ3n) is 5.51. The number of primary amides is 1. The third kappa shape index (κ3) is 12.6. The predicted molar refractivity (Wildman–Crippen MR) is 169 cm³/mol. The number of hydrogen-bond donors (Lipinski definition) is 2. The van der Waals surface area contributed by atoms with Crippen LogP contribution in [0.25, 0.3) is 10.9 Å². The van der Waals surface area contributed by atoms with Gasteiger partial charge in [-0.25, -0.2) is 4.98 Å². The molecule has 212 valence electrons. The van der Waals surface area contributed by atoms with Crippen LogP contribution in [0.15, 0.2) is 55.0 Å². The van der Waals surface area contributed by atoms with Crippen LogP contribution in [-0.2, 0) is 0 Å². The van der Waals surface area contributed by atoms with Crippen LogP contribution in [0.1, 0.15) is 96.1 Å². The summed E-state index contributed by atoms with van der Waals surface area (Å²) in [5.41, 5.74) is 8.98. The van der Waals surface area contributed by atoms with Gasteiger partial charge in [-0.1, -0.05) is 70.3 Å². The number of fused-ring (bicyclic) bond motifs is 1. The summed E-state index contributed by atoms with van der Waals surface area (Å²) in [5.74, 6) is -0.422. The van der Waals surface area contributed by atoms with E-state index >= 15 is 0 Å². The maximum Gasteiger partial charge on any atom is 0.265 e. The predicted octanol–water partition coefficient (Wildman–Crippen LogP) is 8.68. The molecule has 0 bridgehead atoms. The molecule has 0 spiro atoms. The van der Waals surface area contributed by atoms with E-state index < -0.39 is 5.91 Å². The van der Waals surface area contributed by atoms with Crippen LogP contribution in [0.4, 0.5) is 0 Å². The summed E-state index contributed by atoms with van der Waals surface area (Å²) in [6.45, 7) is 14.0. The van der Waals surface area contributed by atoms with Gasteiger partial charge in [0, 0.05) is 39.6 Å². The number of thiazole rings is 1. The summed E-state index contributed by atoms with van der Waals surface area (Å²) < 4.78 is 0. The molecule has 1 saturated carbocycles. The molecule has 0 saturated heterocycles. The number of rotatable bonds is 3. The molecule has 3 N–H and O–H groups in total. The van der Waals surface area contributed by atoms with Crippen molar-refractivity contribution < 1.29 is 9.59 Å². The maximum atomic E-state index is 11.8. The lowest BCUT2D eigenvalue weighted by atomic mass is 10.0. The molecule has 0 atom stereocenters. The monoisotopic (exact) mass is 568 g/mol. The highest BCUT2D eigenvalue weighted by atomic mass is 32.2. The minimum atomic E-state index is -0.422. The van der Waals surface area contributed by atoms with Crippen molar-refractivity contribution >= 4 is 45.0 Å². The number of carbonyl (C=O) groups is 2. The first-order chi connectivity index (χ1) is 18.8. The average Bonchev–Trinajstić information content (AvgIpc) is 3.59. The zero-order valence-electron chi connectivity index (χ0n) is 24.4. The third-order valence-corrected chi connectivity index (χ3v) is 7.76. The molecule has 8 heteroatoms. The van der Waals surface area contributed by atoms with Crippen molar-refractivity contribution in [2.24, 2.45) is 5.73 Å². The topological polar surface area (TPSA) is 102 Å². The van der Waals surface area contributed by atoms with Gasteiger partial charge in [0.05, 0.1) is 0 Å². The SMILES string of the molecule is CC.CC.Cc1ccc2[nH]c(C(N)=O)cc2c1.Cc1ccncc1.Cc1cnc(C(=O)SC2CCCCC2)s1.